The third kappa shape index (κ3) is 5.13. The fraction of sp³-hybridized carbons (Fsp3) is 0.550. The van der Waals surface area contributed by atoms with Gasteiger partial charge in [-0.1, -0.05) is 0 Å². The molecular formula is C20H24I4N4O3. The zero-order valence-electron chi connectivity index (χ0n) is 16.9. The summed E-state index contributed by atoms with van der Waals surface area (Å²) in [6, 6.07) is 7.12. The molecular weight excluding hydrogens is 852 g/mol. The van der Waals surface area contributed by atoms with E-state index in [1.165, 1.54) is 16.8 Å². The molecule has 1 aliphatic carbocycles. The second-order valence-corrected chi connectivity index (χ2v) is 32.6. The molecule has 0 N–H and O–H groups in total. The molecule has 5 rings (SSSR count). The van der Waals surface area contributed by atoms with Crippen molar-refractivity contribution in [1.82, 2.24) is 8.01 Å². The minimum absolute atomic E-state index is 0.145. The van der Waals surface area contributed by atoms with E-state index in [0.29, 0.717) is 18.9 Å². The average molecular weight is 876 g/mol. The fourth-order valence-corrected chi connectivity index (χ4v) is 12.0. The Kier molecular flexibility index (Phi) is 7.81. The molecule has 0 radical (unpaired) electrons. The van der Waals surface area contributed by atoms with Crippen molar-refractivity contribution in [2.75, 3.05) is 44.2 Å². The molecule has 3 aliphatic heterocycles. The van der Waals surface area contributed by atoms with Gasteiger partial charge in [0.2, 0.25) is 21.4 Å². The molecule has 1 aromatic rings. The van der Waals surface area contributed by atoms with Crippen molar-refractivity contribution >= 4 is 82.6 Å². The molecule has 2 unspecified atom stereocenters. The summed E-state index contributed by atoms with van der Waals surface area (Å²) in [5.41, 5.74) is 4.07. The third-order valence-electron chi connectivity index (χ3n) is 6.42. The summed E-state index contributed by atoms with van der Waals surface area (Å²) >= 11 is 3.83. The van der Waals surface area contributed by atoms with Crippen LogP contribution in [-0.4, -0.2) is 53.4 Å². The number of fused-ring (bicyclic) bond motifs is 5. The van der Waals surface area contributed by atoms with Crippen molar-refractivity contribution < 1.29 is 12.6 Å². The second-order valence-electron chi connectivity index (χ2n) is 8.03. The zero-order valence-corrected chi connectivity index (χ0v) is 25.5. The van der Waals surface area contributed by atoms with Crippen molar-refractivity contribution in [1.29, 1.82) is 0 Å². The summed E-state index contributed by atoms with van der Waals surface area (Å²) in [6.07, 6.45) is 4.23. The molecule has 2 saturated heterocycles. The van der Waals surface area contributed by atoms with Gasteiger partial charge in [0.15, 0.2) is 0 Å². The number of hydrogen-bond donors (Lipinski definition) is 0. The number of piperidine rings is 1. The van der Waals surface area contributed by atoms with Crippen molar-refractivity contribution in [2.24, 2.45) is 3.15 Å². The van der Waals surface area contributed by atoms with Gasteiger partial charge in [-0.3, -0.25) is 0 Å². The summed E-state index contributed by atoms with van der Waals surface area (Å²) in [5, 5.41) is 0. The molecule has 1 amide bonds. The number of carbonyl (C=O) groups is 1. The van der Waals surface area contributed by atoms with E-state index in [1.807, 2.05) is 4.90 Å². The first-order chi connectivity index (χ1) is 15.1. The van der Waals surface area contributed by atoms with Crippen LogP contribution in [0.5, 0.6) is 0 Å². The third-order valence-corrected chi connectivity index (χ3v) is 16.6. The summed E-state index contributed by atoms with van der Waals surface area (Å²) in [7, 11) is 0. The van der Waals surface area contributed by atoms with Gasteiger partial charge in [-0.25, -0.2) is 0 Å². The average Bonchev–Trinajstić information content (AvgIpc) is 3.40. The standard InChI is InChI=1S/C20H24I4N4O3/c21-24(22)27-8-6-26(7-9-27)15-1-2-17-14-3-5-28(19(11-14)18(17)12-15)20(29)30-10-4-16-13-25-23-31-16/h1-2,12-14,19H,3-11H2. The number of halogens is 4. The first-order valence-electron chi connectivity index (χ1n) is 10.4. The van der Waals surface area contributed by atoms with E-state index in [-0.39, 0.29) is 12.1 Å². The van der Waals surface area contributed by atoms with Crippen LogP contribution in [0, 0.1) is 0 Å². The number of likely N-dealkylation sites (tertiary alicyclic amines) is 1. The predicted molar refractivity (Wildman–Crippen MR) is 155 cm³/mol. The number of hydrogen-bond acceptors (Lipinski definition) is 6. The second kappa shape index (κ2) is 10.4. The van der Waals surface area contributed by atoms with Gasteiger partial charge >= 0.3 is 177 Å². The molecule has 0 saturated carbocycles. The number of anilines is 1. The molecule has 2 fully saturated rings. The summed E-state index contributed by atoms with van der Waals surface area (Å²) in [6.45, 7) is 5.62. The van der Waals surface area contributed by atoms with Gasteiger partial charge in [0.1, 0.15) is 5.76 Å². The van der Waals surface area contributed by atoms with Gasteiger partial charge in [0.05, 0.1) is 6.20 Å². The van der Waals surface area contributed by atoms with Crippen LogP contribution < -0.4 is 4.90 Å². The maximum absolute atomic E-state index is 12.9. The minimum atomic E-state index is -0.934. The molecule has 170 valence electrons. The summed E-state index contributed by atoms with van der Waals surface area (Å²) in [5.74, 6) is 1.41. The molecule has 31 heavy (non-hydrogen) atoms. The summed E-state index contributed by atoms with van der Waals surface area (Å²) in [4.78, 5) is 17.3. The first-order valence-corrected chi connectivity index (χ1v) is 25.8. The molecule has 2 bridgehead atoms. The van der Waals surface area contributed by atoms with E-state index in [4.69, 9.17) is 7.80 Å². The van der Waals surface area contributed by atoms with Gasteiger partial charge in [-0.2, -0.15) is 3.15 Å². The number of amides is 1. The number of benzene rings is 1. The van der Waals surface area contributed by atoms with E-state index in [9.17, 15) is 4.79 Å². The number of nitrogens with zero attached hydrogens (tertiary/aromatic N) is 4. The van der Waals surface area contributed by atoms with Crippen LogP contribution in [0.25, 0.3) is 0 Å². The summed E-state index contributed by atoms with van der Waals surface area (Å²) < 4.78 is 17.9. The van der Waals surface area contributed by atoms with Crippen LogP contribution in [0.1, 0.15) is 42.3 Å². The van der Waals surface area contributed by atoms with E-state index in [0.717, 1.165) is 51.3 Å². The molecule has 0 spiro atoms. The molecule has 4 aliphatic rings. The molecule has 1 aromatic carbocycles. The Labute approximate surface area is 220 Å². The van der Waals surface area contributed by atoms with Gasteiger partial charge in [-0.15, -0.1) is 0 Å². The maximum atomic E-state index is 12.9. The Bertz CT molecular complexity index is 904. The Hall–Kier alpha value is 0.510. The van der Waals surface area contributed by atoms with Crippen LogP contribution >= 0.6 is 70.8 Å². The van der Waals surface area contributed by atoms with Gasteiger partial charge < -0.3 is 3.07 Å². The predicted octanol–water partition coefficient (Wildman–Crippen LogP) is 6.63. The van der Waals surface area contributed by atoms with Crippen molar-refractivity contribution in [3.05, 3.63) is 41.3 Å². The van der Waals surface area contributed by atoms with E-state index < -0.39 is 33.6 Å². The SMILES string of the molecule is O=C(OCCC1=CN=IO1)N1CCC2CC1c1cc(N3CCN(I(I)I)CC3)ccc12. The Morgan fingerprint density at radius 2 is 2.06 bits per heavy atom. The Morgan fingerprint density at radius 3 is 2.81 bits per heavy atom. The first kappa shape index (κ1) is 23.3. The van der Waals surface area contributed by atoms with E-state index in [2.05, 4.69) is 66.6 Å². The van der Waals surface area contributed by atoms with Gasteiger partial charge in [0.25, 0.3) is 0 Å². The molecule has 2 atom stereocenters. The van der Waals surface area contributed by atoms with Crippen LogP contribution in [0.15, 0.2) is 33.3 Å². The quantitative estimate of drug-likeness (QED) is 0.246. The monoisotopic (exact) mass is 876 g/mol. The number of rotatable bonds is 5. The van der Waals surface area contributed by atoms with Crippen molar-refractivity contribution in [2.45, 2.75) is 31.2 Å². The zero-order chi connectivity index (χ0) is 21.4. The number of carbonyl (C=O) groups excluding carboxylic acids is 1. The molecule has 3 heterocycles. The van der Waals surface area contributed by atoms with Gasteiger partial charge in [-0.05, 0) is 0 Å². The number of ether oxygens (including phenoxy) is 1. The van der Waals surface area contributed by atoms with Gasteiger partial charge in [0, 0.05) is 6.42 Å². The van der Waals surface area contributed by atoms with Crippen LogP contribution in [0.4, 0.5) is 10.5 Å². The Morgan fingerprint density at radius 1 is 1.23 bits per heavy atom. The molecule has 11 heteroatoms. The van der Waals surface area contributed by atoms with E-state index >= 15 is 0 Å². The Balaban J connectivity index is 1.25. The van der Waals surface area contributed by atoms with Crippen molar-refractivity contribution in [3.63, 3.8) is 0 Å². The van der Waals surface area contributed by atoms with Crippen LogP contribution in [-0.2, 0) is 7.80 Å². The number of piperazine rings is 1. The normalized spacial score (nSPS) is 25.5. The molecule has 0 aromatic heterocycles. The molecule has 7 nitrogen and oxygen atoms in total. The van der Waals surface area contributed by atoms with Crippen LogP contribution in [0.2, 0.25) is 0 Å². The van der Waals surface area contributed by atoms with E-state index in [1.54, 1.807) is 6.20 Å². The van der Waals surface area contributed by atoms with Crippen molar-refractivity contribution in [3.8, 4) is 0 Å². The topological polar surface area (TPSA) is 57.6 Å². The fourth-order valence-electron chi connectivity index (χ4n) is 4.83. The van der Waals surface area contributed by atoms with Crippen LogP contribution in [0.3, 0.4) is 0 Å².